The number of nitrogens with zero attached hydrogens (tertiary/aromatic N) is 2. The van der Waals surface area contributed by atoms with E-state index in [1.54, 1.807) is 38.2 Å². The molecular formula is C22H30N6O2S2. The lowest BCUT2D eigenvalue weighted by Crippen LogP contribution is -2.35. The lowest BCUT2D eigenvalue weighted by molar-refractivity contribution is 0.477. The van der Waals surface area contributed by atoms with Crippen molar-refractivity contribution >= 4 is 54.7 Å². The zero-order chi connectivity index (χ0) is 22.9. The van der Waals surface area contributed by atoms with E-state index in [0.29, 0.717) is 23.5 Å². The first-order chi connectivity index (χ1) is 15.1. The van der Waals surface area contributed by atoms with Crippen LogP contribution in [-0.2, 0) is 10.0 Å². The highest BCUT2D eigenvalue weighted by molar-refractivity contribution is 7.94. The van der Waals surface area contributed by atoms with Gasteiger partial charge in [-0.3, -0.25) is 4.72 Å². The molecule has 3 aromatic rings. The second-order valence-electron chi connectivity index (χ2n) is 9.08. The zero-order valence-electron chi connectivity index (χ0n) is 18.8. The largest absolute Gasteiger partial charge is 0.351 e. The topological polar surface area (TPSA) is 108 Å². The van der Waals surface area contributed by atoms with Crippen molar-refractivity contribution in [2.45, 2.75) is 51.3 Å². The molecule has 1 fully saturated rings. The average Bonchev–Trinajstić information content (AvgIpc) is 3.19. The van der Waals surface area contributed by atoms with E-state index >= 15 is 0 Å². The second-order valence-corrected chi connectivity index (χ2v) is 12.4. The quantitative estimate of drug-likeness (QED) is 0.418. The standard InChI is InChI=1S/C22H30N6O2S2/c1-14-5-6-16(13-18(14)28-32(29,30)22(2,3)4)24-19-17-9-12-31-20(17)27-21(26-19)25-15-7-10-23-11-8-15/h5-6,9,12-13,15,23,28H,7-8,10-11H2,1-4H3,(H2,24,25,26,27). The van der Waals surface area contributed by atoms with Gasteiger partial charge in [-0.1, -0.05) is 6.07 Å². The molecule has 0 spiro atoms. The molecular weight excluding hydrogens is 444 g/mol. The molecule has 4 N–H and O–H groups in total. The summed E-state index contributed by atoms with van der Waals surface area (Å²) in [7, 11) is -3.53. The van der Waals surface area contributed by atoms with E-state index in [1.165, 1.54) is 0 Å². The maximum absolute atomic E-state index is 12.7. The third kappa shape index (κ3) is 4.97. The van der Waals surface area contributed by atoms with Crippen molar-refractivity contribution in [3.63, 3.8) is 0 Å². The van der Waals surface area contributed by atoms with E-state index in [-0.39, 0.29) is 0 Å². The van der Waals surface area contributed by atoms with Crippen molar-refractivity contribution in [3.05, 3.63) is 35.2 Å². The molecule has 1 aliphatic heterocycles. The van der Waals surface area contributed by atoms with Crippen molar-refractivity contribution in [1.29, 1.82) is 0 Å². The molecule has 8 nitrogen and oxygen atoms in total. The molecule has 2 aromatic heterocycles. The highest BCUT2D eigenvalue weighted by Gasteiger charge is 2.29. The summed E-state index contributed by atoms with van der Waals surface area (Å²) in [5.41, 5.74) is 2.15. The maximum atomic E-state index is 12.7. The van der Waals surface area contributed by atoms with Gasteiger partial charge in [-0.25, -0.2) is 13.4 Å². The Morgan fingerprint density at radius 2 is 1.88 bits per heavy atom. The van der Waals surface area contributed by atoms with E-state index in [0.717, 1.165) is 47.4 Å². The van der Waals surface area contributed by atoms with Gasteiger partial charge >= 0.3 is 0 Å². The number of aromatic nitrogens is 2. The number of rotatable bonds is 6. The van der Waals surface area contributed by atoms with Gasteiger partial charge in [-0.05, 0) is 82.8 Å². The summed E-state index contributed by atoms with van der Waals surface area (Å²) in [5, 5.41) is 13.1. The number of thiophene rings is 1. The summed E-state index contributed by atoms with van der Waals surface area (Å²) in [6, 6.07) is 7.96. The molecule has 1 aliphatic rings. The van der Waals surface area contributed by atoms with Gasteiger partial charge in [-0.15, -0.1) is 11.3 Å². The van der Waals surface area contributed by atoms with E-state index in [4.69, 9.17) is 4.98 Å². The molecule has 0 saturated carbocycles. The third-order valence-corrected chi connectivity index (χ3v) is 8.46. The van der Waals surface area contributed by atoms with E-state index in [9.17, 15) is 8.42 Å². The summed E-state index contributed by atoms with van der Waals surface area (Å²) in [6.45, 7) is 8.89. The third-order valence-electron chi connectivity index (χ3n) is 5.55. The van der Waals surface area contributed by atoms with Crippen molar-refractivity contribution in [2.75, 3.05) is 28.4 Å². The fraction of sp³-hybridized carbons (Fsp3) is 0.455. The lowest BCUT2D eigenvalue weighted by Gasteiger charge is -2.24. The Hall–Kier alpha value is -2.43. The number of anilines is 4. The van der Waals surface area contributed by atoms with Gasteiger partial charge in [0.15, 0.2) is 0 Å². The molecule has 172 valence electrons. The van der Waals surface area contributed by atoms with Crippen LogP contribution in [0.3, 0.4) is 0 Å². The van der Waals surface area contributed by atoms with Crippen molar-refractivity contribution in [1.82, 2.24) is 15.3 Å². The highest BCUT2D eigenvalue weighted by Crippen LogP contribution is 2.31. The molecule has 0 unspecified atom stereocenters. The van der Waals surface area contributed by atoms with Crippen molar-refractivity contribution in [3.8, 4) is 0 Å². The van der Waals surface area contributed by atoms with Gasteiger partial charge < -0.3 is 16.0 Å². The predicted octanol–water partition coefficient (Wildman–Crippen LogP) is 4.45. The number of sulfonamides is 1. The van der Waals surface area contributed by atoms with E-state index in [1.807, 2.05) is 30.5 Å². The average molecular weight is 475 g/mol. The van der Waals surface area contributed by atoms with Crippen LogP contribution in [0, 0.1) is 6.92 Å². The molecule has 1 saturated heterocycles. The van der Waals surface area contributed by atoms with Crippen LogP contribution >= 0.6 is 11.3 Å². The predicted molar refractivity (Wildman–Crippen MR) is 134 cm³/mol. The van der Waals surface area contributed by atoms with Crippen LogP contribution in [0.2, 0.25) is 0 Å². The van der Waals surface area contributed by atoms with Crippen LogP contribution in [-0.4, -0.2) is 42.3 Å². The summed E-state index contributed by atoms with van der Waals surface area (Å²) in [4.78, 5) is 10.3. The Kier molecular flexibility index (Phi) is 6.28. The van der Waals surface area contributed by atoms with E-state index in [2.05, 4.69) is 25.7 Å². The molecule has 32 heavy (non-hydrogen) atoms. The molecule has 3 heterocycles. The number of benzene rings is 1. The second kappa shape index (κ2) is 8.84. The first-order valence-electron chi connectivity index (χ1n) is 10.7. The highest BCUT2D eigenvalue weighted by atomic mass is 32.2. The molecule has 0 radical (unpaired) electrons. The first kappa shape index (κ1) is 22.8. The normalized spacial score (nSPS) is 15.6. The number of hydrogen-bond donors (Lipinski definition) is 4. The van der Waals surface area contributed by atoms with Gasteiger partial charge in [0, 0.05) is 11.7 Å². The van der Waals surface area contributed by atoms with Gasteiger partial charge in [0.1, 0.15) is 10.6 Å². The Bertz CT molecular complexity index is 1210. The summed E-state index contributed by atoms with van der Waals surface area (Å²) >= 11 is 1.57. The first-order valence-corrected chi connectivity index (χ1v) is 13.1. The zero-order valence-corrected chi connectivity index (χ0v) is 20.5. The number of piperidine rings is 1. The SMILES string of the molecule is Cc1ccc(Nc2nc(NC3CCNCC3)nc3sccc23)cc1NS(=O)(=O)C(C)(C)C. The van der Waals surface area contributed by atoms with Crippen LogP contribution in [0.25, 0.3) is 10.2 Å². The fourth-order valence-corrected chi connectivity index (χ4v) is 4.99. The molecule has 0 amide bonds. The molecule has 0 aliphatic carbocycles. The lowest BCUT2D eigenvalue weighted by atomic mass is 10.1. The minimum atomic E-state index is -3.53. The number of aryl methyl sites for hydroxylation is 1. The van der Waals surface area contributed by atoms with Crippen LogP contribution in [0.4, 0.5) is 23.1 Å². The fourth-order valence-electron chi connectivity index (χ4n) is 3.41. The van der Waals surface area contributed by atoms with Crippen molar-refractivity contribution < 1.29 is 8.42 Å². The van der Waals surface area contributed by atoms with Gasteiger partial charge in [0.2, 0.25) is 16.0 Å². The Balaban J connectivity index is 1.62. The van der Waals surface area contributed by atoms with Crippen molar-refractivity contribution in [2.24, 2.45) is 0 Å². The Labute approximate surface area is 193 Å². The van der Waals surface area contributed by atoms with Gasteiger partial charge in [0.05, 0.1) is 15.8 Å². The van der Waals surface area contributed by atoms with Crippen LogP contribution < -0.4 is 20.7 Å². The molecule has 1 aromatic carbocycles. The van der Waals surface area contributed by atoms with Crippen LogP contribution in [0.5, 0.6) is 0 Å². The Morgan fingerprint density at radius 1 is 1.12 bits per heavy atom. The molecule has 0 atom stereocenters. The summed E-state index contributed by atoms with van der Waals surface area (Å²) in [6.07, 6.45) is 2.06. The monoisotopic (exact) mass is 474 g/mol. The number of nitrogens with one attached hydrogen (secondary N) is 4. The smallest absolute Gasteiger partial charge is 0.237 e. The van der Waals surface area contributed by atoms with E-state index < -0.39 is 14.8 Å². The summed E-state index contributed by atoms with van der Waals surface area (Å²) < 4.78 is 27.1. The molecule has 0 bridgehead atoms. The van der Waals surface area contributed by atoms with Crippen LogP contribution in [0.15, 0.2) is 29.6 Å². The minimum absolute atomic E-state index is 0.347. The summed E-state index contributed by atoms with van der Waals surface area (Å²) in [5.74, 6) is 1.30. The van der Waals surface area contributed by atoms with Gasteiger partial charge in [-0.2, -0.15) is 4.98 Å². The van der Waals surface area contributed by atoms with Crippen LogP contribution in [0.1, 0.15) is 39.2 Å². The molecule has 4 rings (SSSR count). The maximum Gasteiger partial charge on any atom is 0.237 e. The number of fused-ring (bicyclic) bond motifs is 1. The minimum Gasteiger partial charge on any atom is -0.351 e. The molecule has 10 heteroatoms. The number of hydrogen-bond acceptors (Lipinski definition) is 8. The Morgan fingerprint density at radius 3 is 2.59 bits per heavy atom. The van der Waals surface area contributed by atoms with Gasteiger partial charge in [0.25, 0.3) is 0 Å².